The number of aromatic amines is 2. The third-order valence-electron chi connectivity index (χ3n) is 16.2. The molecule has 5 aromatic rings. The average Bonchev–Trinajstić information content (AvgIpc) is 3.99. The highest BCUT2D eigenvalue weighted by Crippen LogP contribution is 2.90. The first-order valence-corrected chi connectivity index (χ1v) is 23.2. The zero-order valence-electron chi connectivity index (χ0n) is 36.8. The molecule has 4 amide bonds. The number of piperidine rings is 2. The molecule has 65 heavy (non-hydrogen) atoms. The van der Waals surface area contributed by atoms with Crippen molar-refractivity contribution in [2.24, 2.45) is 35.0 Å². The number of amides is 4. The monoisotopic (exact) mass is 882 g/mol. The van der Waals surface area contributed by atoms with E-state index in [0.717, 1.165) is 68.7 Å². The van der Waals surface area contributed by atoms with Crippen molar-refractivity contribution in [1.29, 1.82) is 0 Å². The van der Waals surface area contributed by atoms with Crippen molar-refractivity contribution < 1.29 is 38.1 Å². The first kappa shape index (κ1) is 40.5. The zero-order chi connectivity index (χ0) is 44.3. The molecule has 1 unspecified atom stereocenters. The summed E-state index contributed by atoms with van der Waals surface area (Å²) in [4.78, 5) is 74.7. The summed E-state index contributed by atoms with van der Waals surface area (Å²) in [7, 11) is 2.65. The Morgan fingerprint density at radius 3 is 1.97 bits per heavy atom. The summed E-state index contributed by atoms with van der Waals surface area (Å²) < 4.78 is 21.0. The summed E-state index contributed by atoms with van der Waals surface area (Å²) >= 11 is 0. The lowest BCUT2D eigenvalue weighted by Gasteiger charge is -2.35. The lowest BCUT2D eigenvalue weighted by Crippen LogP contribution is -2.54. The molecular weight excluding hydrogens is 829 g/mol. The third-order valence-corrected chi connectivity index (χ3v) is 16.2. The summed E-state index contributed by atoms with van der Waals surface area (Å²) in [6.45, 7) is 4.52. The first-order valence-electron chi connectivity index (χ1n) is 23.2. The summed E-state index contributed by atoms with van der Waals surface area (Å²) in [6.07, 6.45) is 5.27. The smallest absolute Gasteiger partial charge is 0.407 e. The van der Waals surface area contributed by atoms with Crippen LogP contribution in [0.1, 0.15) is 69.2 Å². The van der Waals surface area contributed by atoms with Crippen LogP contribution in [0, 0.1) is 35.0 Å². The Balaban J connectivity index is 0.769. The van der Waals surface area contributed by atoms with E-state index in [0.29, 0.717) is 69.9 Å². The van der Waals surface area contributed by atoms with Crippen molar-refractivity contribution in [3.63, 3.8) is 0 Å². The van der Waals surface area contributed by atoms with E-state index in [2.05, 4.69) is 76.1 Å². The molecule has 10 atom stereocenters. The van der Waals surface area contributed by atoms with Crippen LogP contribution in [0.4, 0.5) is 9.59 Å². The molecule has 8 fully saturated rings. The van der Waals surface area contributed by atoms with Gasteiger partial charge in [0.25, 0.3) is 0 Å². The maximum Gasteiger partial charge on any atom is 0.407 e. The largest absolute Gasteiger partial charge is 0.453 e. The second kappa shape index (κ2) is 15.3. The number of H-pyrrole nitrogens is 2. The molecule has 5 saturated heterocycles. The van der Waals surface area contributed by atoms with Gasteiger partial charge in [-0.1, -0.05) is 37.3 Å². The van der Waals surface area contributed by atoms with E-state index in [1.165, 1.54) is 14.2 Å². The highest BCUT2D eigenvalue weighted by molar-refractivity contribution is 5.93. The van der Waals surface area contributed by atoms with Gasteiger partial charge in [0.15, 0.2) is 0 Å². The molecule has 2 bridgehead atoms. The van der Waals surface area contributed by atoms with Crippen LogP contribution in [0.25, 0.3) is 44.2 Å². The number of nitrogens with zero attached hydrogens (tertiary/aromatic N) is 4. The van der Waals surface area contributed by atoms with Crippen LogP contribution in [-0.4, -0.2) is 119 Å². The number of methoxy groups -OCH3 is 2. The van der Waals surface area contributed by atoms with Gasteiger partial charge in [-0.2, -0.15) is 0 Å². The fourth-order valence-corrected chi connectivity index (χ4v) is 12.5. The molecular formula is C49H54N8O8. The number of ether oxygens (including phenoxy) is 4. The molecule has 8 aliphatic rings. The highest BCUT2D eigenvalue weighted by atomic mass is 16.5. The van der Waals surface area contributed by atoms with E-state index in [4.69, 9.17) is 28.9 Å². The molecule has 7 heterocycles. The predicted octanol–water partition coefficient (Wildman–Crippen LogP) is 6.26. The van der Waals surface area contributed by atoms with Gasteiger partial charge < -0.3 is 49.3 Å². The number of hydrogen-bond donors (Lipinski definition) is 4. The SMILES string of the molecule is COC(=O)N[C@H](C(=O)N1[C@H](c2ncc(-c3ccc4cc(-c5ccc6nc([C@@H]7C[C@H]8C[C@H]8N7C(=O)[C@@H](NC(=O)OC)C7CCOCC7)[nH]c6c5)ccc4c3)[nH]2)C2[C@@H]3[C@H]1[C@]23C)C1CCOCC1. The number of carbonyl (C=O) groups excluding carboxylic acids is 4. The number of alkyl carbamates (subject to hydrolysis) is 2. The molecule has 0 spiro atoms. The van der Waals surface area contributed by atoms with E-state index in [1.807, 2.05) is 22.1 Å². The minimum Gasteiger partial charge on any atom is -0.453 e. The zero-order valence-corrected chi connectivity index (χ0v) is 36.8. The number of aromatic nitrogens is 4. The predicted molar refractivity (Wildman–Crippen MR) is 237 cm³/mol. The van der Waals surface area contributed by atoms with Crippen LogP contribution in [0.2, 0.25) is 0 Å². The molecule has 3 saturated carbocycles. The van der Waals surface area contributed by atoms with Gasteiger partial charge in [-0.05, 0) is 120 Å². The number of rotatable bonds is 10. The van der Waals surface area contributed by atoms with Crippen molar-refractivity contribution in [3.05, 3.63) is 72.4 Å². The van der Waals surface area contributed by atoms with Gasteiger partial charge >= 0.3 is 12.2 Å². The molecule has 0 radical (unpaired) electrons. The standard InChI is InChI=1S/C49H54N8O8/c1-49-37-38(49)42(49)57(46(59)40(55-48(61)63-3)25-12-16-65-17-13-25)41(37)44-50-23-34(53-44)30-7-6-26-18-27(4-5-28(26)19-30)29-8-9-32-33(20-29)52-43(51-32)36-22-31-21-35(31)56(36)45(58)39(54-47(60)62-2)24-10-14-64-15-11-24/h4-9,18-20,23-25,31,35-42H,10-17,21-22H2,1-3H3,(H,50,53)(H,51,52)(H,54,60)(H,55,61)/t31-,35-,36+,37?,38-,39+,40+,41+,42+,49-/m1/s1. The van der Waals surface area contributed by atoms with Gasteiger partial charge in [-0.15, -0.1) is 0 Å². The molecule has 3 aromatic carbocycles. The lowest BCUT2D eigenvalue weighted by atomic mass is 9.90. The maximum absolute atomic E-state index is 14.4. The van der Waals surface area contributed by atoms with E-state index in [-0.39, 0.29) is 53.2 Å². The number of hydrogen-bond acceptors (Lipinski definition) is 10. The molecule has 13 rings (SSSR count). The second-order valence-electron chi connectivity index (χ2n) is 19.6. The Morgan fingerprint density at radius 1 is 0.738 bits per heavy atom. The normalized spacial score (nSPS) is 29.8. The quantitative estimate of drug-likeness (QED) is 0.125. The fraction of sp³-hybridized carbons (Fsp3) is 0.510. The maximum atomic E-state index is 14.4. The van der Waals surface area contributed by atoms with Gasteiger partial charge in [-0.25, -0.2) is 19.6 Å². The van der Waals surface area contributed by atoms with Crippen molar-refractivity contribution in [1.82, 2.24) is 40.4 Å². The minimum atomic E-state index is -0.681. The Morgan fingerprint density at radius 2 is 1.32 bits per heavy atom. The summed E-state index contributed by atoms with van der Waals surface area (Å²) in [5.41, 5.74) is 5.84. The average molecular weight is 883 g/mol. The van der Waals surface area contributed by atoms with E-state index in [9.17, 15) is 19.2 Å². The molecule has 5 aliphatic heterocycles. The van der Waals surface area contributed by atoms with Crippen molar-refractivity contribution >= 4 is 45.8 Å². The Hall–Kier alpha value is -6.00. The second-order valence-corrected chi connectivity index (χ2v) is 19.6. The molecule has 2 aromatic heterocycles. The van der Waals surface area contributed by atoms with Gasteiger partial charge in [0.05, 0.1) is 49.2 Å². The van der Waals surface area contributed by atoms with E-state index < -0.39 is 24.3 Å². The number of likely N-dealkylation sites (tertiary alicyclic amines) is 1. The summed E-state index contributed by atoms with van der Waals surface area (Å²) in [5.74, 6) is 2.59. The van der Waals surface area contributed by atoms with Gasteiger partial charge in [0.2, 0.25) is 11.8 Å². The van der Waals surface area contributed by atoms with Crippen LogP contribution in [0.5, 0.6) is 0 Å². The van der Waals surface area contributed by atoms with Crippen LogP contribution in [0.3, 0.4) is 0 Å². The number of fused-ring (bicyclic) bond motifs is 4. The third kappa shape index (κ3) is 6.60. The van der Waals surface area contributed by atoms with Crippen molar-refractivity contribution in [2.75, 3.05) is 40.6 Å². The Bertz CT molecular complexity index is 2740. The number of carbonyl (C=O) groups is 4. The van der Waals surface area contributed by atoms with Crippen molar-refractivity contribution in [2.45, 2.75) is 81.7 Å². The number of imidazole rings is 2. The number of benzene rings is 3. The number of nitrogens with one attached hydrogen (secondary N) is 4. The van der Waals surface area contributed by atoms with Crippen LogP contribution >= 0.6 is 0 Å². The lowest BCUT2D eigenvalue weighted by molar-refractivity contribution is -0.138. The van der Waals surface area contributed by atoms with Crippen LogP contribution < -0.4 is 10.6 Å². The molecule has 3 aliphatic carbocycles. The van der Waals surface area contributed by atoms with Crippen LogP contribution in [0.15, 0.2) is 60.8 Å². The molecule has 4 N–H and O–H groups in total. The first-order chi connectivity index (χ1) is 31.6. The minimum absolute atomic E-state index is 0.0265. The van der Waals surface area contributed by atoms with E-state index in [1.54, 1.807) is 0 Å². The van der Waals surface area contributed by atoms with Gasteiger partial charge in [0, 0.05) is 44.1 Å². The Labute approximate surface area is 375 Å². The molecule has 16 heteroatoms. The Kier molecular flexibility index (Phi) is 9.53. The van der Waals surface area contributed by atoms with Crippen molar-refractivity contribution in [3.8, 4) is 22.4 Å². The fourth-order valence-electron chi connectivity index (χ4n) is 12.5. The molecule has 338 valence electrons. The summed E-state index contributed by atoms with van der Waals surface area (Å²) in [5, 5.41) is 7.93. The van der Waals surface area contributed by atoms with Crippen LogP contribution in [-0.2, 0) is 28.5 Å². The molecule has 16 nitrogen and oxygen atoms in total. The highest BCUT2D eigenvalue weighted by Gasteiger charge is 2.94. The van der Waals surface area contributed by atoms with Gasteiger partial charge in [0.1, 0.15) is 23.7 Å². The van der Waals surface area contributed by atoms with Gasteiger partial charge in [-0.3, -0.25) is 9.59 Å². The van der Waals surface area contributed by atoms with E-state index >= 15 is 0 Å². The topological polar surface area (TPSA) is 193 Å². The summed E-state index contributed by atoms with van der Waals surface area (Å²) in [6, 6.07) is 17.7.